The highest BCUT2D eigenvalue weighted by Crippen LogP contribution is 2.23. The topological polar surface area (TPSA) is 40.5 Å². The zero-order valence-electron chi connectivity index (χ0n) is 11.5. The summed E-state index contributed by atoms with van der Waals surface area (Å²) in [7, 11) is 2.06. The molecule has 0 atom stereocenters. The second-order valence-electron chi connectivity index (χ2n) is 4.66. The molecule has 1 aromatic heterocycles. The lowest BCUT2D eigenvalue weighted by molar-refractivity contribution is -0.131. The molecule has 0 aliphatic carbocycles. The van der Waals surface area contributed by atoms with E-state index < -0.39 is 5.97 Å². The molecule has 20 heavy (non-hydrogen) atoms. The van der Waals surface area contributed by atoms with Crippen LogP contribution in [-0.2, 0) is 11.3 Å². The monoisotopic (exact) mass is 287 g/mol. The zero-order valence-corrected chi connectivity index (χ0v) is 12.4. The Morgan fingerprint density at radius 2 is 2.15 bits per heavy atom. The van der Waals surface area contributed by atoms with Crippen molar-refractivity contribution in [2.75, 3.05) is 11.9 Å². The van der Waals surface area contributed by atoms with E-state index in [-0.39, 0.29) is 0 Å². The lowest BCUT2D eigenvalue weighted by Gasteiger charge is -2.20. The number of carboxylic acids is 1. The highest BCUT2D eigenvalue weighted by atomic mass is 32.1. The van der Waals surface area contributed by atoms with Crippen molar-refractivity contribution in [3.8, 4) is 0 Å². The number of anilines is 1. The Balaban J connectivity index is 2.07. The number of para-hydroxylation sites is 1. The van der Waals surface area contributed by atoms with Gasteiger partial charge in [0.2, 0.25) is 0 Å². The molecule has 0 fully saturated rings. The molecule has 3 nitrogen and oxygen atoms in total. The minimum absolute atomic E-state index is 0.816. The molecule has 0 radical (unpaired) electrons. The summed E-state index contributed by atoms with van der Waals surface area (Å²) in [5, 5.41) is 10.6. The Bertz CT molecular complexity index is 631. The van der Waals surface area contributed by atoms with Crippen molar-refractivity contribution < 1.29 is 9.90 Å². The van der Waals surface area contributed by atoms with Crippen LogP contribution in [0, 0.1) is 6.92 Å². The summed E-state index contributed by atoms with van der Waals surface area (Å²) in [5.41, 5.74) is 3.40. The molecular formula is C16H17NO2S. The Hall–Kier alpha value is -2.07. The molecule has 0 amide bonds. The van der Waals surface area contributed by atoms with Crippen LogP contribution in [0.4, 0.5) is 5.69 Å². The molecule has 0 spiro atoms. The van der Waals surface area contributed by atoms with E-state index in [0.29, 0.717) is 0 Å². The minimum atomic E-state index is -0.922. The molecule has 0 saturated carbocycles. The Morgan fingerprint density at radius 3 is 2.85 bits per heavy atom. The largest absolute Gasteiger partial charge is 0.478 e. The highest BCUT2D eigenvalue weighted by Gasteiger charge is 2.06. The van der Waals surface area contributed by atoms with Crippen molar-refractivity contribution in [1.82, 2.24) is 0 Å². The van der Waals surface area contributed by atoms with Gasteiger partial charge in [0, 0.05) is 23.7 Å². The van der Waals surface area contributed by atoms with E-state index in [1.807, 2.05) is 23.6 Å². The van der Waals surface area contributed by atoms with Crippen LogP contribution in [0.2, 0.25) is 0 Å². The van der Waals surface area contributed by atoms with Gasteiger partial charge in [0.25, 0.3) is 0 Å². The summed E-state index contributed by atoms with van der Waals surface area (Å²) in [6.45, 7) is 2.91. The second-order valence-corrected chi connectivity index (χ2v) is 5.66. The van der Waals surface area contributed by atoms with Gasteiger partial charge in [-0.15, -0.1) is 11.3 Å². The van der Waals surface area contributed by atoms with Crippen molar-refractivity contribution >= 4 is 29.1 Å². The molecule has 4 heteroatoms. The average Bonchev–Trinajstić information content (AvgIpc) is 2.84. The first-order valence-electron chi connectivity index (χ1n) is 6.31. The van der Waals surface area contributed by atoms with Gasteiger partial charge in [-0.25, -0.2) is 4.79 Å². The summed E-state index contributed by atoms with van der Waals surface area (Å²) >= 11 is 1.64. The molecule has 0 bridgehead atoms. The Kier molecular flexibility index (Phi) is 4.58. The van der Waals surface area contributed by atoms with Crippen LogP contribution in [0.1, 0.15) is 16.0 Å². The summed E-state index contributed by atoms with van der Waals surface area (Å²) in [5.74, 6) is -0.922. The molecule has 2 rings (SSSR count). The Morgan fingerprint density at radius 1 is 1.40 bits per heavy atom. The van der Waals surface area contributed by atoms with Crippen LogP contribution in [0.25, 0.3) is 6.08 Å². The third-order valence-corrected chi connectivity index (χ3v) is 3.95. The molecule has 1 heterocycles. The maximum atomic E-state index is 10.5. The second kappa shape index (κ2) is 6.39. The van der Waals surface area contributed by atoms with E-state index in [0.717, 1.165) is 18.2 Å². The molecule has 0 saturated heterocycles. The van der Waals surface area contributed by atoms with E-state index >= 15 is 0 Å². The minimum Gasteiger partial charge on any atom is -0.478 e. The van der Waals surface area contributed by atoms with Crippen LogP contribution >= 0.6 is 11.3 Å². The maximum absolute atomic E-state index is 10.5. The summed E-state index contributed by atoms with van der Waals surface area (Å²) in [6.07, 6.45) is 2.78. The lowest BCUT2D eigenvalue weighted by Crippen LogP contribution is -2.16. The van der Waals surface area contributed by atoms with E-state index in [9.17, 15) is 4.79 Å². The van der Waals surface area contributed by atoms with Crippen LogP contribution in [-0.4, -0.2) is 18.1 Å². The number of aryl methyl sites for hydroxylation is 1. The molecule has 0 aliphatic heterocycles. The summed E-state index contributed by atoms with van der Waals surface area (Å²) in [6, 6.07) is 10.3. The number of nitrogens with zero attached hydrogens (tertiary/aromatic N) is 1. The van der Waals surface area contributed by atoms with Crippen LogP contribution < -0.4 is 4.90 Å². The van der Waals surface area contributed by atoms with E-state index in [1.54, 1.807) is 17.4 Å². The van der Waals surface area contributed by atoms with Crippen LogP contribution in [0.15, 0.2) is 41.8 Å². The third kappa shape index (κ3) is 3.71. The van der Waals surface area contributed by atoms with Crippen molar-refractivity contribution in [3.05, 3.63) is 57.8 Å². The fraction of sp³-hybridized carbons (Fsp3) is 0.188. The number of carbonyl (C=O) groups is 1. The molecule has 0 aliphatic rings. The molecule has 1 aromatic carbocycles. The third-order valence-electron chi connectivity index (χ3n) is 3.01. The molecule has 104 valence electrons. The first-order chi connectivity index (χ1) is 9.56. The van der Waals surface area contributed by atoms with E-state index in [1.165, 1.54) is 16.1 Å². The number of carboxylic acid groups (broad SMARTS) is 1. The van der Waals surface area contributed by atoms with Crippen molar-refractivity contribution in [3.63, 3.8) is 0 Å². The summed E-state index contributed by atoms with van der Waals surface area (Å²) < 4.78 is 0. The number of rotatable bonds is 5. The maximum Gasteiger partial charge on any atom is 0.328 e. The number of hydrogen-bond acceptors (Lipinski definition) is 3. The standard InChI is InChI=1S/C16H17NO2S/c1-12-5-3-4-6-15(12)17(2)10-14-9-13(11-20-14)7-8-16(18)19/h3-9,11H,10H2,1-2H3,(H,18,19). The number of aliphatic carboxylic acids is 1. The highest BCUT2D eigenvalue weighted by molar-refractivity contribution is 7.10. The SMILES string of the molecule is Cc1ccccc1N(C)Cc1cc(C=CC(=O)O)cs1. The van der Waals surface area contributed by atoms with Crippen molar-refractivity contribution in [2.45, 2.75) is 13.5 Å². The predicted molar refractivity (Wildman–Crippen MR) is 84.3 cm³/mol. The molecular weight excluding hydrogens is 270 g/mol. The van der Waals surface area contributed by atoms with Crippen LogP contribution in [0.5, 0.6) is 0 Å². The average molecular weight is 287 g/mol. The first-order valence-corrected chi connectivity index (χ1v) is 7.19. The number of thiophene rings is 1. The van der Waals surface area contributed by atoms with E-state index in [2.05, 4.69) is 31.0 Å². The van der Waals surface area contributed by atoms with Gasteiger partial charge in [-0.2, -0.15) is 0 Å². The van der Waals surface area contributed by atoms with Gasteiger partial charge in [-0.1, -0.05) is 18.2 Å². The normalized spacial score (nSPS) is 10.9. The van der Waals surface area contributed by atoms with E-state index in [4.69, 9.17) is 5.11 Å². The first kappa shape index (κ1) is 14.3. The van der Waals surface area contributed by atoms with Crippen LogP contribution in [0.3, 0.4) is 0 Å². The van der Waals surface area contributed by atoms with Gasteiger partial charge in [-0.05, 0) is 41.6 Å². The quantitative estimate of drug-likeness (QED) is 0.851. The fourth-order valence-electron chi connectivity index (χ4n) is 2.05. The van der Waals surface area contributed by atoms with Gasteiger partial charge in [0.05, 0.1) is 6.54 Å². The molecule has 0 unspecified atom stereocenters. The van der Waals surface area contributed by atoms with Crippen molar-refractivity contribution in [2.24, 2.45) is 0 Å². The van der Waals surface area contributed by atoms with Gasteiger partial charge in [-0.3, -0.25) is 0 Å². The van der Waals surface area contributed by atoms with Crippen molar-refractivity contribution in [1.29, 1.82) is 0 Å². The Labute approximate surface area is 122 Å². The number of benzene rings is 1. The van der Waals surface area contributed by atoms with Gasteiger partial charge < -0.3 is 10.0 Å². The summed E-state index contributed by atoms with van der Waals surface area (Å²) in [4.78, 5) is 13.9. The van der Waals surface area contributed by atoms with Gasteiger partial charge in [0.1, 0.15) is 0 Å². The number of hydrogen-bond donors (Lipinski definition) is 1. The fourth-order valence-corrected chi connectivity index (χ4v) is 2.95. The lowest BCUT2D eigenvalue weighted by atomic mass is 10.2. The molecule has 1 N–H and O–H groups in total. The molecule has 2 aromatic rings. The van der Waals surface area contributed by atoms with Gasteiger partial charge in [0.15, 0.2) is 0 Å². The zero-order chi connectivity index (χ0) is 14.5. The predicted octanol–water partition coefficient (Wildman–Crippen LogP) is 3.79. The van der Waals surface area contributed by atoms with Gasteiger partial charge >= 0.3 is 5.97 Å². The smallest absolute Gasteiger partial charge is 0.328 e.